The largest absolute Gasteiger partial charge is 0.506 e. The van der Waals surface area contributed by atoms with Crippen LogP contribution in [0.15, 0.2) is 83.7 Å². The highest BCUT2D eigenvalue weighted by molar-refractivity contribution is 7.86. The third-order valence-corrected chi connectivity index (χ3v) is 9.78. The fraction of sp³-hybridized carbons (Fsp3) is 0.0417. The van der Waals surface area contributed by atoms with Gasteiger partial charge in [0, 0.05) is 16.8 Å². The molecule has 0 aliphatic heterocycles. The van der Waals surface area contributed by atoms with Gasteiger partial charge in [0.25, 0.3) is 30.4 Å². The normalized spacial score (nSPS) is 13.1. The number of phenolic OH excluding ortho intramolecular Hbond substituents is 2. The summed E-state index contributed by atoms with van der Waals surface area (Å²) in [4.78, 5) is 1.90. The van der Waals surface area contributed by atoms with Crippen molar-refractivity contribution in [1.29, 1.82) is 0 Å². The fourth-order valence-electron chi connectivity index (χ4n) is 4.15. The Morgan fingerprint density at radius 1 is 0.756 bits per heavy atom. The highest BCUT2D eigenvalue weighted by Crippen LogP contribution is 2.45. The van der Waals surface area contributed by atoms with Crippen molar-refractivity contribution in [3.8, 4) is 11.5 Å². The summed E-state index contributed by atoms with van der Waals surface area (Å²) in [5, 5.41) is 36.2. The van der Waals surface area contributed by atoms with Crippen LogP contribution in [0.5, 0.6) is 11.5 Å². The molecule has 45 heavy (non-hydrogen) atoms. The summed E-state index contributed by atoms with van der Waals surface area (Å²) in [5.41, 5.74) is 5.05. The number of fused-ring (bicyclic) bond motifs is 2. The van der Waals surface area contributed by atoms with Gasteiger partial charge in [-0.25, -0.2) is 4.98 Å². The molecule has 234 valence electrons. The third-order valence-electron chi connectivity index (χ3n) is 6.19. The minimum absolute atomic E-state index is 0.128. The SMILES string of the molecule is Cc1cc(N=Nc2c(S(=O)(=O)O)cc3c(S(=O)(=O)O)c(N)ccc3c2O)c(O)cc1/N=N\c1nc2ccc(S(=O)(=O)O)cc2s1. The van der Waals surface area contributed by atoms with Crippen molar-refractivity contribution >= 4 is 90.6 Å². The summed E-state index contributed by atoms with van der Waals surface area (Å²) < 4.78 is 100.0. The average molecular weight is 695 g/mol. The minimum atomic E-state index is -5.17. The maximum absolute atomic E-state index is 12.2. The molecule has 0 fully saturated rings. The number of nitrogens with zero attached hydrogens (tertiary/aromatic N) is 5. The lowest BCUT2D eigenvalue weighted by molar-refractivity contribution is 0.470. The summed E-state index contributed by atoms with van der Waals surface area (Å²) in [6.45, 7) is 1.56. The topological polar surface area (TPSA) is 292 Å². The number of aryl methyl sites for hydroxylation is 1. The van der Waals surface area contributed by atoms with Gasteiger partial charge < -0.3 is 15.9 Å². The second kappa shape index (κ2) is 11.1. The molecule has 0 saturated heterocycles. The van der Waals surface area contributed by atoms with Crippen LogP contribution in [-0.2, 0) is 30.4 Å². The minimum Gasteiger partial charge on any atom is -0.506 e. The van der Waals surface area contributed by atoms with Gasteiger partial charge in [0.1, 0.15) is 26.9 Å². The van der Waals surface area contributed by atoms with Crippen LogP contribution in [0.2, 0.25) is 0 Å². The van der Waals surface area contributed by atoms with Crippen LogP contribution in [0.1, 0.15) is 5.56 Å². The number of aromatic nitrogens is 1. The zero-order chi connectivity index (χ0) is 33.1. The predicted octanol–water partition coefficient (Wildman–Crippen LogP) is 5.32. The Morgan fingerprint density at radius 2 is 1.44 bits per heavy atom. The van der Waals surface area contributed by atoms with E-state index < -0.39 is 68.4 Å². The van der Waals surface area contributed by atoms with Crippen LogP contribution in [0.3, 0.4) is 0 Å². The van der Waals surface area contributed by atoms with Crippen molar-refractivity contribution in [2.24, 2.45) is 20.5 Å². The van der Waals surface area contributed by atoms with Gasteiger partial charge in [-0.1, -0.05) is 11.3 Å². The Bertz CT molecular complexity index is 2460. The Labute approximate surface area is 257 Å². The molecule has 1 heterocycles. The molecular weight excluding hydrogens is 677 g/mol. The molecule has 0 bridgehead atoms. The highest BCUT2D eigenvalue weighted by Gasteiger charge is 2.27. The number of nitrogens with two attached hydrogens (primary N) is 1. The number of thiazole rings is 1. The molecule has 5 aromatic rings. The second-order valence-corrected chi connectivity index (χ2v) is 14.4. The molecule has 0 saturated carbocycles. The lowest BCUT2D eigenvalue weighted by Crippen LogP contribution is -2.06. The molecule has 4 aromatic carbocycles. The van der Waals surface area contributed by atoms with E-state index in [0.29, 0.717) is 21.8 Å². The number of azo groups is 2. The van der Waals surface area contributed by atoms with E-state index in [1.165, 1.54) is 24.3 Å². The molecule has 7 N–H and O–H groups in total. The van der Waals surface area contributed by atoms with E-state index in [4.69, 9.17) is 5.73 Å². The molecule has 17 nitrogen and oxygen atoms in total. The Balaban J connectivity index is 1.53. The first-order valence-corrected chi connectivity index (χ1v) is 17.1. The number of hydrogen-bond acceptors (Lipinski definition) is 15. The number of rotatable bonds is 7. The van der Waals surface area contributed by atoms with Gasteiger partial charge in [-0.3, -0.25) is 13.7 Å². The molecule has 5 rings (SSSR count). The van der Waals surface area contributed by atoms with Gasteiger partial charge in [-0.15, -0.1) is 20.5 Å². The van der Waals surface area contributed by atoms with E-state index >= 15 is 0 Å². The first kappa shape index (κ1) is 31.8. The highest BCUT2D eigenvalue weighted by atomic mass is 32.2. The van der Waals surface area contributed by atoms with Gasteiger partial charge in [0.15, 0.2) is 5.75 Å². The third kappa shape index (κ3) is 6.30. The number of phenols is 2. The summed E-state index contributed by atoms with van der Waals surface area (Å²) in [7, 11) is -14.6. The van der Waals surface area contributed by atoms with Crippen LogP contribution in [0.25, 0.3) is 21.0 Å². The van der Waals surface area contributed by atoms with Crippen molar-refractivity contribution < 1.29 is 49.1 Å². The summed E-state index contributed by atoms with van der Waals surface area (Å²) in [6.07, 6.45) is 0. The van der Waals surface area contributed by atoms with Crippen molar-refractivity contribution in [3.63, 3.8) is 0 Å². The zero-order valence-electron chi connectivity index (χ0n) is 22.3. The van der Waals surface area contributed by atoms with Crippen molar-refractivity contribution in [3.05, 3.63) is 54.1 Å². The van der Waals surface area contributed by atoms with E-state index in [9.17, 15) is 49.1 Å². The van der Waals surface area contributed by atoms with E-state index in [0.717, 1.165) is 29.5 Å². The number of anilines is 1. The lowest BCUT2D eigenvalue weighted by atomic mass is 10.1. The van der Waals surface area contributed by atoms with E-state index in [1.807, 2.05) is 0 Å². The molecule has 0 aliphatic carbocycles. The first-order valence-electron chi connectivity index (χ1n) is 11.9. The van der Waals surface area contributed by atoms with Crippen LogP contribution < -0.4 is 5.73 Å². The average Bonchev–Trinajstić information content (AvgIpc) is 3.33. The molecule has 0 atom stereocenters. The maximum atomic E-state index is 12.2. The van der Waals surface area contributed by atoms with Crippen LogP contribution >= 0.6 is 11.3 Å². The summed E-state index contributed by atoms with van der Waals surface area (Å²) >= 11 is 0.983. The van der Waals surface area contributed by atoms with Crippen LogP contribution in [-0.4, -0.2) is 54.1 Å². The van der Waals surface area contributed by atoms with Gasteiger partial charge in [0.2, 0.25) is 5.13 Å². The predicted molar refractivity (Wildman–Crippen MR) is 160 cm³/mol. The molecule has 0 spiro atoms. The fourth-order valence-corrected chi connectivity index (χ4v) is 7.01. The Kier molecular flexibility index (Phi) is 7.81. The summed E-state index contributed by atoms with van der Waals surface area (Å²) in [6, 6.07) is 9.01. The number of nitrogen functional groups attached to an aromatic ring is 1. The van der Waals surface area contributed by atoms with E-state index in [1.54, 1.807) is 6.92 Å². The Morgan fingerprint density at radius 3 is 2.09 bits per heavy atom. The van der Waals surface area contributed by atoms with E-state index in [-0.39, 0.29) is 26.8 Å². The molecule has 0 amide bonds. The molecule has 1 aromatic heterocycles. The number of aromatic hydroxyl groups is 2. The molecular formula is C24H18N6O11S4. The van der Waals surface area contributed by atoms with Gasteiger partial charge in [0.05, 0.1) is 26.5 Å². The quantitative estimate of drug-likeness (QED) is 0.0715. The van der Waals surface area contributed by atoms with Crippen LogP contribution in [0, 0.1) is 6.92 Å². The van der Waals surface area contributed by atoms with E-state index in [2.05, 4.69) is 25.4 Å². The monoisotopic (exact) mass is 694 g/mol. The molecule has 21 heteroatoms. The zero-order valence-corrected chi connectivity index (χ0v) is 25.5. The van der Waals surface area contributed by atoms with Crippen molar-refractivity contribution in [2.45, 2.75) is 21.6 Å². The molecule has 0 aliphatic rings. The van der Waals surface area contributed by atoms with Crippen molar-refractivity contribution in [1.82, 2.24) is 4.98 Å². The van der Waals surface area contributed by atoms with Crippen molar-refractivity contribution in [2.75, 3.05) is 5.73 Å². The standard InChI is InChI=1S/C24H18N6O11S4/c1-10-6-17(18(31)9-16(10)27-30-24-26-15-5-2-11(43(33,34)35)7-19(15)42-24)28-29-21-20(44(36,37)38)8-13-12(22(21)32)3-4-14(25)23(13)45(39,40)41/h2-9,31-32H,25H2,1H3,(H,33,34,35)(H,36,37,38)(H,39,40,41)/b29-28?,30-27-. The Hall–Kier alpha value is -4.64. The smallest absolute Gasteiger partial charge is 0.297 e. The number of hydrogen-bond donors (Lipinski definition) is 6. The molecule has 0 radical (unpaired) electrons. The van der Waals surface area contributed by atoms with Crippen LogP contribution in [0.4, 0.5) is 27.9 Å². The van der Waals surface area contributed by atoms with Gasteiger partial charge in [-0.05, 0) is 55.0 Å². The maximum Gasteiger partial charge on any atom is 0.297 e. The van der Waals surface area contributed by atoms with Gasteiger partial charge >= 0.3 is 0 Å². The first-order chi connectivity index (χ1) is 20.8. The molecule has 0 unspecified atom stereocenters. The summed E-state index contributed by atoms with van der Waals surface area (Å²) in [5.74, 6) is -1.45. The second-order valence-electron chi connectivity index (χ2n) is 9.23. The number of benzene rings is 4. The van der Waals surface area contributed by atoms with Gasteiger partial charge in [-0.2, -0.15) is 25.3 Å². The lowest BCUT2D eigenvalue weighted by Gasteiger charge is -2.12.